The van der Waals surface area contributed by atoms with Gasteiger partial charge in [-0.1, -0.05) is 6.92 Å². The van der Waals surface area contributed by atoms with E-state index in [-0.39, 0.29) is 6.04 Å². The van der Waals surface area contributed by atoms with Crippen molar-refractivity contribution in [3.8, 4) is 0 Å². The number of likely N-dealkylation sites (tertiary alicyclic amines) is 1. The van der Waals surface area contributed by atoms with Gasteiger partial charge in [0, 0.05) is 37.9 Å². The molecule has 5 nitrogen and oxygen atoms in total. The number of rotatable bonds is 5. The molecule has 0 saturated carbocycles. The topological polar surface area (TPSA) is 50.3 Å². The number of piperidine rings is 1. The van der Waals surface area contributed by atoms with Crippen LogP contribution in [0.4, 0.5) is 0 Å². The van der Waals surface area contributed by atoms with Crippen molar-refractivity contribution in [3.63, 3.8) is 0 Å². The Morgan fingerprint density at radius 2 is 2.25 bits per heavy atom. The summed E-state index contributed by atoms with van der Waals surface area (Å²) in [5.74, 6) is 0. The van der Waals surface area contributed by atoms with Crippen LogP contribution in [0, 0.1) is 0 Å². The lowest BCUT2D eigenvalue weighted by Gasteiger charge is -2.39. The molecule has 1 aromatic rings. The Morgan fingerprint density at radius 1 is 1.50 bits per heavy atom. The van der Waals surface area contributed by atoms with Crippen molar-refractivity contribution in [1.29, 1.82) is 0 Å². The minimum absolute atomic E-state index is 0.273. The summed E-state index contributed by atoms with van der Waals surface area (Å²) >= 11 is 0. The molecule has 2 rings (SSSR count). The van der Waals surface area contributed by atoms with E-state index in [0.717, 1.165) is 13.0 Å². The maximum Gasteiger partial charge on any atom is 0.0670 e. The minimum atomic E-state index is 0.273. The van der Waals surface area contributed by atoms with Gasteiger partial charge in [0.15, 0.2) is 0 Å². The van der Waals surface area contributed by atoms with E-state index in [2.05, 4.69) is 42.1 Å². The van der Waals surface area contributed by atoms with Crippen molar-refractivity contribution in [2.24, 2.45) is 12.8 Å². The van der Waals surface area contributed by atoms with Gasteiger partial charge in [-0.25, -0.2) is 0 Å². The first-order valence-corrected chi connectivity index (χ1v) is 7.69. The molecule has 0 spiro atoms. The molecule has 2 unspecified atom stereocenters. The van der Waals surface area contributed by atoms with E-state index < -0.39 is 0 Å². The molecule has 2 atom stereocenters. The lowest BCUT2D eigenvalue weighted by atomic mass is 9.99. The van der Waals surface area contributed by atoms with Crippen molar-refractivity contribution in [2.75, 3.05) is 33.7 Å². The van der Waals surface area contributed by atoms with Crippen molar-refractivity contribution in [2.45, 2.75) is 38.3 Å². The van der Waals surface area contributed by atoms with Crippen molar-refractivity contribution >= 4 is 0 Å². The normalized spacial score (nSPS) is 22.4. The molecule has 0 amide bonds. The number of hydrogen-bond donors (Lipinski definition) is 1. The van der Waals surface area contributed by atoms with E-state index in [0.29, 0.717) is 12.6 Å². The average molecular weight is 279 g/mol. The summed E-state index contributed by atoms with van der Waals surface area (Å²) in [5.41, 5.74) is 8.57. The second-order valence-corrected chi connectivity index (χ2v) is 6.03. The summed E-state index contributed by atoms with van der Waals surface area (Å²) in [4.78, 5) is 4.88. The molecule has 1 aliphatic heterocycles. The molecule has 1 saturated heterocycles. The summed E-state index contributed by atoms with van der Waals surface area (Å²) in [7, 11) is 6.41. The highest BCUT2D eigenvalue weighted by molar-refractivity contribution is 5.22. The zero-order valence-electron chi connectivity index (χ0n) is 13.3. The van der Waals surface area contributed by atoms with E-state index in [1.807, 2.05) is 11.7 Å². The van der Waals surface area contributed by atoms with Crippen molar-refractivity contribution in [3.05, 3.63) is 17.5 Å². The van der Waals surface area contributed by atoms with Crippen molar-refractivity contribution < 1.29 is 0 Å². The first-order valence-electron chi connectivity index (χ1n) is 7.69. The first kappa shape index (κ1) is 15.5. The van der Waals surface area contributed by atoms with Gasteiger partial charge in [-0.15, -0.1) is 0 Å². The lowest BCUT2D eigenvalue weighted by Crippen LogP contribution is -2.47. The minimum Gasteiger partial charge on any atom is -0.329 e. The molecule has 5 heteroatoms. The molecule has 1 aromatic heterocycles. The lowest BCUT2D eigenvalue weighted by molar-refractivity contribution is 0.101. The zero-order valence-corrected chi connectivity index (χ0v) is 13.3. The van der Waals surface area contributed by atoms with Gasteiger partial charge in [-0.2, -0.15) is 5.10 Å². The van der Waals surface area contributed by atoms with E-state index in [1.165, 1.54) is 30.6 Å². The fourth-order valence-electron chi connectivity index (χ4n) is 3.34. The summed E-state index contributed by atoms with van der Waals surface area (Å²) in [6.45, 7) is 5.16. The first-order chi connectivity index (χ1) is 9.56. The predicted octanol–water partition coefficient (Wildman–Crippen LogP) is 1.01. The molecule has 2 N–H and O–H groups in total. The van der Waals surface area contributed by atoms with Crippen LogP contribution in [0.5, 0.6) is 0 Å². The summed E-state index contributed by atoms with van der Waals surface area (Å²) in [5, 5.41) is 4.56. The molecule has 1 aliphatic rings. The number of hydrogen-bond acceptors (Lipinski definition) is 4. The van der Waals surface area contributed by atoms with Gasteiger partial charge in [-0.3, -0.25) is 9.58 Å². The third kappa shape index (κ3) is 3.22. The Labute approximate surface area is 122 Å². The number of aryl methyl sites for hydroxylation is 2. The van der Waals surface area contributed by atoms with Crippen LogP contribution in [0.3, 0.4) is 0 Å². The molecule has 2 heterocycles. The number of aromatic nitrogens is 2. The Bertz CT molecular complexity index is 428. The standard InChI is InChI=1S/C15H29N5/c1-5-14-13(11-19(3)17-14)15(9-16)20(4)12-7-6-8-18(2)10-12/h11-12,15H,5-10,16H2,1-4H3. The molecule has 0 bridgehead atoms. The summed E-state index contributed by atoms with van der Waals surface area (Å²) < 4.78 is 1.91. The van der Waals surface area contributed by atoms with Crippen LogP contribution in [0.25, 0.3) is 0 Å². The number of likely N-dealkylation sites (N-methyl/N-ethyl adjacent to an activating group) is 2. The number of nitrogens with zero attached hydrogens (tertiary/aromatic N) is 4. The highest BCUT2D eigenvalue weighted by Crippen LogP contribution is 2.26. The summed E-state index contributed by atoms with van der Waals surface area (Å²) in [6.07, 6.45) is 5.64. The van der Waals surface area contributed by atoms with Gasteiger partial charge < -0.3 is 10.6 Å². The average Bonchev–Trinajstić information content (AvgIpc) is 2.80. The maximum atomic E-state index is 6.09. The van der Waals surface area contributed by atoms with Crippen LogP contribution in [0.2, 0.25) is 0 Å². The largest absolute Gasteiger partial charge is 0.329 e. The highest BCUT2D eigenvalue weighted by Gasteiger charge is 2.28. The summed E-state index contributed by atoms with van der Waals surface area (Å²) in [6, 6.07) is 0.863. The molecule has 1 fully saturated rings. The van der Waals surface area contributed by atoms with Gasteiger partial charge in [0.25, 0.3) is 0 Å². The predicted molar refractivity (Wildman–Crippen MR) is 82.7 cm³/mol. The Balaban J connectivity index is 2.17. The quantitative estimate of drug-likeness (QED) is 0.874. The Kier molecular flexibility index (Phi) is 5.18. The molecule has 114 valence electrons. The molecule has 0 radical (unpaired) electrons. The van der Waals surface area contributed by atoms with Gasteiger partial charge in [0.2, 0.25) is 0 Å². The second kappa shape index (κ2) is 6.70. The third-order valence-electron chi connectivity index (χ3n) is 4.52. The van der Waals surface area contributed by atoms with E-state index in [1.54, 1.807) is 0 Å². The van der Waals surface area contributed by atoms with E-state index >= 15 is 0 Å². The Hall–Kier alpha value is -0.910. The smallest absolute Gasteiger partial charge is 0.0670 e. The Morgan fingerprint density at radius 3 is 2.85 bits per heavy atom. The fraction of sp³-hybridized carbons (Fsp3) is 0.800. The van der Waals surface area contributed by atoms with E-state index in [9.17, 15) is 0 Å². The van der Waals surface area contributed by atoms with Gasteiger partial charge in [0.05, 0.1) is 11.7 Å². The monoisotopic (exact) mass is 279 g/mol. The van der Waals surface area contributed by atoms with Gasteiger partial charge in [0.1, 0.15) is 0 Å². The van der Waals surface area contributed by atoms with Crippen LogP contribution >= 0.6 is 0 Å². The second-order valence-electron chi connectivity index (χ2n) is 6.03. The molecular formula is C15H29N5. The van der Waals surface area contributed by atoms with Crippen LogP contribution < -0.4 is 5.73 Å². The number of nitrogens with two attached hydrogens (primary N) is 1. The van der Waals surface area contributed by atoms with Crippen molar-refractivity contribution in [1.82, 2.24) is 19.6 Å². The van der Waals surface area contributed by atoms with E-state index in [4.69, 9.17) is 5.73 Å². The van der Waals surface area contributed by atoms with Crippen LogP contribution in [-0.2, 0) is 13.5 Å². The molecule has 0 aliphatic carbocycles. The van der Waals surface area contributed by atoms with Crippen LogP contribution in [0.1, 0.15) is 37.1 Å². The highest BCUT2D eigenvalue weighted by atomic mass is 15.3. The fourth-order valence-corrected chi connectivity index (χ4v) is 3.34. The molecular weight excluding hydrogens is 250 g/mol. The maximum absolute atomic E-state index is 6.09. The SMILES string of the molecule is CCc1nn(C)cc1C(CN)N(C)C1CCCN(C)C1. The van der Waals surface area contributed by atoms with Gasteiger partial charge >= 0.3 is 0 Å². The third-order valence-corrected chi connectivity index (χ3v) is 4.52. The van der Waals surface area contributed by atoms with Crippen LogP contribution in [0.15, 0.2) is 6.20 Å². The zero-order chi connectivity index (χ0) is 14.7. The molecule has 0 aromatic carbocycles. The van der Waals surface area contributed by atoms with Gasteiger partial charge in [-0.05, 0) is 39.9 Å². The van der Waals surface area contributed by atoms with Crippen LogP contribution in [-0.4, -0.2) is 59.4 Å². The molecule has 20 heavy (non-hydrogen) atoms.